The lowest BCUT2D eigenvalue weighted by Gasteiger charge is -2.08. The number of aryl methyl sites for hydroxylation is 1. The Labute approximate surface area is 116 Å². The van der Waals surface area contributed by atoms with Crippen molar-refractivity contribution in [2.45, 2.75) is 25.3 Å². The van der Waals surface area contributed by atoms with Crippen molar-refractivity contribution in [2.75, 3.05) is 12.3 Å². The number of nitrogens with one attached hydrogen (secondary N) is 1. The molecular weight excluding hydrogens is 256 g/mol. The van der Waals surface area contributed by atoms with Gasteiger partial charge in [0.1, 0.15) is 17.8 Å². The van der Waals surface area contributed by atoms with Crippen LogP contribution in [0.25, 0.3) is 0 Å². The minimum atomic E-state index is -0.0873. The Bertz CT molecular complexity index is 625. The molecule has 3 rings (SSSR count). The second kappa shape index (κ2) is 4.99. The molecular formula is C13H18N6O. The van der Waals surface area contributed by atoms with Gasteiger partial charge in [-0.15, -0.1) is 10.2 Å². The summed E-state index contributed by atoms with van der Waals surface area (Å²) in [5.74, 6) is 0.762. The number of nitrogens with zero attached hydrogens (tertiary/aromatic N) is 4. The van der Waals surface area contributed by atoms with E-state index in [0.29, 0.717) is 30.4 Å². The molecule has 1 amide bonds. The van der Waals surface area contributed by atoms with Crippen molar-refractivity contribution < 1.29 is 4.79 Å². The molecule has 2 heterocycles. The highest BCUT2D eigenvalue weighted by molar-refractivity contribution is 5.93. The molecule has 1 fully saturated rings. The molecule has 2 aromatic heterocycles. The number of amides is 1. The summed E-state index contributed by atoms with van der Waals surface area (Å²) in [6.45, 7) is 0.529. The highest BCUT2D eigenvalue weighted by Gasteiger charge is 2.27. The average molecular weight is 274 g/mol. The third-order valence-corrected chi connectivity index (χ3v) is 3.48. The molecule has 0 aromatic carbocycles. The lowest BCUT2D eigenvalue weighted by Crippen LogP contribution is -2.28. The smallest absolute Gasteiger partial charge is 0.268 e. The van der Waals surface area contributed by atoms with Crippen LogP contribution in [0.2, 0.25) is 0 Å². The lowest BCUT2D eigenvalue weighted by molar-refractivity contribution is 0.0944. The molecule has 1 aliphatic carbocycles. The highest BCUT2D eigenvalue weighted by atomic mass is 16.1. The normalized spacial score (nSPS) is 14.4. The van der Waals surface area contributed by atoms with Gasteiger partial charge in [-0.2, -0.15) is 0 Å². The minimum Gasteiger partial charge on any atom is -0.397 e. The van der Waals surface area contributed by atoms with Gasteiger partial charge in [0.05, 0.1) is 5.69 Å². The Morgan fingerprint density at radius 1 is 1.55 bits per heavy atom. The predicted molar refractivity (Wildman–Crippen MR) is 74.2 cm³/mol. The van der Waals surface area contributed by atoms with Gasteiger partial charge in [0, 0.05) is 32.3 Å². The molecule has 106 valence electrons. The van der Waals surface area contributed by atoms with E-state index in [2.05, 4.69) is 15.5 Å². The summed E-state index contributed by atoms with van der Waals surface area (Å²) in [4.78, 5) is 12.2. The van der Waals surface area contributed by atoms with Gasteiger partial charge in [0.15, 0.2) is 0 Å². The van der Waals surface area contributed by atoms with E-state index in [1.54, 1.807) is 12.4 Å². The molecule has 20 heavy (non-hydrogen) atoms. The number of hydrogen-bond donors (Lipinski definition) is 2. The Hall–Kier alpha value is -2.31. The van der Waals surface area contributed by atoms with Gasteiger partial charge in [-0.3, -0.25) is 4.79 Å². The van der Waals surface area contributed by atoms with Gasteiger partial charge >= 0.3 is 0 Å². The molecule has 3 N–H and O–H groups in total. The molecule has 0 atom stereocenters. The van der Waals surface area contributed by atoms with Crippen LogP contribution in [-0.4, -0.2) is 31.8 Å². The van der Waals surface area contributed by atoms with Crippen LogP contribution in [0.5, 0.6) is 0 Å². The second-order valence-electron chi connectivity index (χ2n) is 5.16. The quantitative estimate of drug-likeness (QED) is 0.831. The molecule has 2 aromatic rings. The maximum absolute atomic E-state index is 12.2. The number of carbonyl (C=O) groups is 1. The summed E-state index contributed by atoms with van der Waals surface area (Å²) in [7, 11) is 1.89. The molecule has 0 unspecified atom stereocenters. The van der Waals surface area contributed by atoms with Crippen molar-refractivity contribution in [3.63, 3.8) is 0 Å². The largest absolute Gasteiger partial charge is 0.397 e. The summed E-state index contributed by atoms with van der Waals surface area (Å²) < 4.78 is 3.82. The first-order valence-electron chi connectivity index (χ1n) is 6.73. The fourth-order valence-electron chi connectivity index (χ4n) is 2.25. The molecule has 1 aliphatic rings. The van der Waals surface area contributed by atoms with Crippen LogP contribution in [-0.2, 0) is 13.5 Å². The Kier molecular flexibility index (Phi) is 3.17. The standard InChI is InChI=1S/C13H18N6O/c1-18-8-16-17-12(18)4-5-15-13(20)11-6-9(14)7-19(11)10-2-3-10/h6-8,10H,2-5,14H2,1H3,(H,15,20). The van der Waals surface area contributed by atoms with Gasteiger partial charge < -0.3 is 20.2 Å². The van der Waals surface area contributed by atoms with Crippen molar-refractivity contribution >= 4 is 11.6 Å². The topological polar surface area (TPSA) is 90.8 Å². The summed E-state index contributed by atoms with van der Waals surface area (Å²) >= 11 is 0. The van der Waals surface area contributed by atoms with Crippen molar-refractivity contribution in [1.82, 2.24) is 24.6 Å². The first-order valence-corrected chi connectivity index (χ1v) is 6.73. The lowest BCUT2D eigenvalue weighted by atomic mass is 10.3. The van der Waals surface area contributed by atoms with Crippen LogP contribution in [0, 0.1) is 0 Å². The molecule has 0 bridgehead atoms. The van der Waals surface area contributed by atoms with E-state index in [0.717, 1.165) is 18.7 Å². The molecule has 7 nitrogen and oxygen atoms in total. The van der Waals surface area contributed by atoms with Crippen LogP contribution in [0.15, 0.2) is 18.6 Å². The van der Waals surface area contributed by atoms with Crippen LogP contribution in [0.4, 0.5) is 5.69 Å². The number of anilines is 1. The average Bonchev–Trinajstić information content (AvgIpc) is 3.08. The van der Waals surface area contributed by atoms with Crippen molar-refractivity contribution in [3.05, 3.63) is 30.1 Å². The van der Waals surface area contributed by atoms with Crippen LogP contribution in [0.1, 0.15) is 35.2 Å². The number of nitrogen functional groups attached to an aromatic ring is 1. The van der Waals surface area contributed by atoms with Gasteiger partial charge in [-0.05, 0) is 18.9 Å². The zero-order chi connectivity index (χ0) is 14.1. The number of rotatable bonds is 5. The third-order valence-electron chi connectivity index (χ3n) is 3.48. The number of carbonyl (C=O) groups excluding carboxylic acids is 1. The Balaban J connectivity index is 1.60. The van der Waals surface area contributed by atoms with Crippen molar-refractivity contribution in [1.29, 1.82) is 0 Å². The van der Waals surface area contributed by atoms with Crippen molar-refractivity contribution in [2.24, 2.45) is 7.05 Å². The second-order valence-corrected chi connectivity index (χ2v) is 5.16. The zero-order valence-corrected chi connectivity index (χ0v) is 11.4. The van der Waals surface area contributed by atoms with E-state index in [9.17, 15) is 4.79 Å². The van der Waals surface area contributed by atoms with E-state index in [-0.39, 0.29) is 5.91 Å². The number of aromatic nitrogens is 4. The highest BCUT2D eigenvalue weighted by Crippen LogP contribution is 2.37. The SMILES string of the molecule is Cn1cnnc1CCNC(=O)c1cc(N)cn1C1CC1. The Morgan fingerprint density at radius 2 is 2.35 bits per heavy atom. The summed E-state index contributed by atoms with van der Waals surface area (Å²) in [5, 5.41) is 10.7. The Morgan fingerprint density at radius 3 is 3.00 bits per heavy atom. The molecule has 7 heteroatoms. The zero-order valence-electron chi connectivity index (χ0n) is 11.4. The predicted octanol–water partition coefficient (Wildman–Crippen LogP) is 0.506. The van der Waals surface area contributed by atoms with Gasteiger partial charge in [0.2, 0.25) is 0 Å². The fraction of sp³-hybridized carbons (Fsp3) is 0.462. The van der Waals surface area contributed by atoms with Crippen LogP contribution < -0.4 is 11.1 Å². The van der Waals surface area contributed by atoms with Gasteiger partial charge in [0.25, 0.3) is 5.91 Å². The molecule has 0 saturated heterocycles. The molecule has 0 spiro atoms. The number of hydrogen-bond acceptors (Lipinski definition) is 4. The first-order chi connectivity index (χ1) is 9.65. The maximum atomic E-state index is 12.2. The summed E-state index contributed by atoms with van der Waals surface area (Å²) in [6, 6.07) is 2.17. The first kappa shape index (κ1) is 12.7. The van der Waals surface area contributed by atoms with E-state index in [1.165, 1.54) is 0 Å². The summed E-state index contributed by atoms with van der Waals surface area (Å²) in [5.41, 5.74) is 7.06. The molecule has 0 aliphatic heterocycles. The van der Waals surface area contributed by atoms with Gasteiger partial charge in [-0.1, -0.05) is 0 Å². The molecule has 1 saturated carbocycles. The van der Waals surface area contributed by atoms with Crippen molar-refractivity contribution in [3.8, 4) is 0 Å². The monoisotopic (exact) mass is 274 g/mol. The van der Waals surface area contributed by atoms with Crippen LogP contribution in [0.3, 0.4) is 0 Å². The van der Waals surface area contributed by atoms with E-state index >= 15 is 0 Å². The molecule has 0 radical (unpaired) electrons. The summed E-state index contributed by atoms with van der Waals surface area (Å²) in [6.07, 6.45) is 6.38. The fourth-order valence-corrected chi connectivity index (χ4v) is 2.25. The van der Waals surface area contributed by atoms with E-state index in [1.807, 2.05) is 22.4 Å². The van der Waals surface area contributed by atoms with Gasteiger partial charge in [-0.25, -0.2) is 0 Å². The van der Waals surface area contributed by atoms with Crippen LogP contribution >= 0.6 is 0 Å². The van der Waals surface area contributed by atoms with E-state index in [4.69, 9.17) is 5.73 Å². The number of nitrogens with two attached hydrogens (primary N) is 1. The third kappa shape index (κ3) is 2.52. The maximum Gasteiger partial charge on any atom is 0.268 e. The minimum absolute atomic E-state index is 0.0873. The van der Waals surface area contributed by atoms with E-state index < -0.39 is 0 Å².